The van der Waals surface area contributed by atoms with E-state index in [4.69, 9.17) is 0 Å². The van der Waals surface area contributed by atoms with Gasteiger partial charge in [-0.1, -0.05) is 18.7 Å². The van der Waals surface area contributed by atoms with Crippen LogP contribution in [-0.4, -0.2) is 56.7 Å². The first-order valence-corrected chi connectivity index (χ1v) is 11.1. The van der Waals surface area contributed by atoms with E-state index in [0.717, 1.165) is 70.5 Å². The van der Waals surface area contributed by atoms with Crippen molar-refractivity contribution < 1.29 is 0 Å². The molecular weight excluding hydrogens is 374 g/mol. The summed E-state index contributed by atoms with van der Waals surface area (Å²) in [5, 5.41) is 1.04. The number of thiazole rings is 1. The van der Waals surface area contributed by atoms with Crippen molar-refractivity contribution in [3.8, 4) is 0 Å². The van der Waals surface area contributed by atoms with Gasteiger partial charge in [0.05, 0.1) is 0 Å². The Bertz CT molecular complexity index is 862. The number of hydrogen-bond acceptors (Lipinski definition) is 10. The van der Waals surface area contributed by atoms with Gasteiger partial charge < -0.3 is 9.80 Å². The van der Waals surface area contributed by atoms with Gasteiger partial charge in [0.25, 0.3) is 0 Å². The van der Waals surface area contributed by atoms with Crippen LogP contribution in [0.3, 0.4) is 0 Å². The van der Waals surface area contributed by atoms with Crippen molar-refractivity contribution in [2.45, 2.75) is 24.1 Å². The highest BCUT2D eigenvalue weighted by atomic mass is 32.2. The van der Waals surface area contributed by atoms with Crippen LogP contribution in [-0.2, 0) is 6.42 Å². The van der Waals surface area contributed by atoms with Gasteiger partial charge >= 0.3 is 0 Å². The molecule has 4 rings (SSSR count). The second-order valence-corrected chi connectivity index (χ2v) is 8.49. The maximum Gasteiger partial charge on any atom is 0.205 e. The zero-order valence-electron chi connectivity index (χ0n) is 14.2. The van der Waals surface area contributed by atoms with E-state index < -0.39 is 0 Å². The summed E-state index contributed by atoms with van der Waals surface area (Å²) >= 11 is 4.84. The Morgan fingerprint density at radius 3 is 2.76 bits per heavy atom. The molecule has 25 heavy (non-hydrogen) atoms. The quantitative estimate of drug-likeness (QED) is 0.627. The van der Waals surface area contributed by atoms with Crippen LogP contribution in [0.4, 0.5) is 10.9 Å². The van der Waals surface area contributed by atoms with E-state index in [0.29, 0.717) is 0 Å². The van der Waals surface area contributed by atoms with Gasteiger partial charge in [-0.2, -0.15) is 4.37 Å². The maximum atomic E-state index is 4.63. The summed E-state index contributed by atoms with van der Waals surface area (Å²) in [6.45, 7) is 5.92. The first-order valence-electron chi connectivity index (χ1n) is 8.26. The van der Waals surface area contributed by atoms with Crippen molar-refractivity contribution in [3.63, 3.8) is 0 Å². The molecule has 0 aromatic carbocycles. The van der Waals surface area contributed by atoms with Gasteiger partial charge in [0.15, 0.2) is 15.8 Å². The van der Waals surface area contributed by atoms with E-state index in [-0.39, 0.29) is 0 Å². The summed E-state index contributed by atoms with van der Waals surface area (Å²) < 4.78 is 6.54. The topological polar surface area (TPSA) is 70.9 Å². The Balaban J connectivity index is 1.55. The second kappa shape index (κ2) is 7.38. The molecule has 10 heteroatoms. The van der Waals surface area contributed by atoms with Crippen molar-refractivity contribution in [2.24, 2.45) is 0 Å². The molecule has 0 spiro atoms. The highest BCUT2D eigenvalue weighted by Crippen LogP contribution is 2.33. The number of aryl methyl sites for hydroxylation is 1. The predicted molar refractivity (Wildman–Crippen MR) is 105 cm³/mol. The molecule has 0 atom stereocenters. The molecule has 1 fully saturated rings. The average molecular weight is 394 g/mol. The molecule has 1 aliphatic heterocycles. The first kappa shape index (κ1) is 16.9. The zero-order valence-corrected chi connectivity index (χ0v) is 16.6. The highest BCUT2D eigenvalue weighted by Gasteiger charge is 2.21. The maximum absolute atomic E-state index is 4.63. The van der Waals surface area contributed by atoms with Crippen LogP contribution in [0, 0.1) is 0 Å². The lowest BCUT2D eigenvalue weighted by Crippen LogP contribution is -2.31. The Morgan fingerprint density at radius 2 is 1.96 bits per heavy atom. The van der Waals surface area contributed by atoms with Gasteiger partial charge in [-0.25, -0.2) is 19.9 Å². The number of thioether (sulfide) groups is 1. The SMILES string of the molecule is CCc1nsc(N2CCCN(c3ncnc4nc(SC)sc34)CC2)n1. The average Bonchev–Trinajstić information content (AvgIpc) is 3.22. The lowest BCUT2D eigenvalue weighted by molar-refractivity contribution is 0.797. The smallest absolute Gasteiger partial charge is 0.205 e. The van der Waals surface area contributed by atoms with Gasteiger partial charge in [-0.3, -0.25) is 0 Å². The van der Waals surface area contributed by atoms with Gasteiger partial charge in [0.1, 0.15) is 16.9 Å². The van der Waals surface area contributed by atoms with Crippen molar-refractivity contribution in [3.05, 3.63) is 12.2 Å². The summed E-state index contributed by atoms with van der Waals surface area (Å²) in [5.41, 5.74) is 0.803. The Hall–Kier alpha value is -1.52. The van der Waals surface area contributed by atoms with E-state index in [1.165, 1.54) is 11.5 Å². The van der Waals surface area contributed by atoms with E-state index in [1.54, 1.807) is 29.4 Å². The Kier molecular flexibility index (Phi) is 5.00. The minimum atomic E-state index is 0.803. The van der Waals surface area contributed by atoms with Crippen LogP contribution in [0.1, 0.15) is 19.2 Å². The van der Waals surface area contributed by atoms with Crippen molar-refractivity contribution >= 4 is 55.9 Å². The number of fused-ring (bicyclic) bond motifs is 1. The zero-order chi connectivity index (χ0) is 17.2. The molecule has 132 valence electrons. The lowest BCUT2D eigenvalue weighted by atomic mass is 10.4. The number of hydrogen-bond donors (Lipinski definition) is 0. The largest absolute Gasteiger partial charge is 0.353 e. The Morgan fingerprint density at radius 1 is 1.12 bits per heavy atom. The third-order valence-electron chi connectivity index (χ3n) is 4.17. The number of rotatable bonds is 4. The third-order valence-corrected chi connectivity index (χ3v) is 7.01. The summed E-state index contributed by atoms with van der Waals surface area (Å²) in [6, 6.07) is 0. The molecule has 0 bridgehead atoms. The summed E-state index contributed by atoms with van der Waals surface area (Å²) in [4.78, 5) is 22.8. The van der Waals surface area contributed by atoms with Crippen LogP contribution in [0.2, 0.25) is 0 Å². The van der Waals surface area contributed by atoms with Crippen LogP contribution in [0.25, 0.3) is 10.3 Å². The molecule has 0 aliphatic carbocycles. The molecule has 0 N–H and O–H groups in total. The van der Waals surface area contributed by atoms with E-state index in [1.807, 2.05) is 6.26 Å². The number of nitrogens with zero attached hydrogens (tertiary/aromatic N) is 7. The standard InChI is InChI=1S/C15H19N7S3/c1-3-10-18-14(25-20-10)22-6-4-5-21(7-8-22)13-11-12(16-9-17-13)19-15(23-2)24-11/h9H,3-8H2,1-2H3. The van der Waals surface area contributed by atoms with Gasteiger partial charge in [0, 0.05) is 44.1 Å². The first-order chi connectivity index (χ1) is 12.3. The van der Waals surface area contributed by atoms with Gasteiger partial charge in [-0.15, -0.1) is 11.3 Å². The highest BCUT2D eigenvalue weighted by molar-refractivity contribution is 8.00. The van der Waals surface area contributed by atoms with E-state index in [2.05, 4.69) is 41.0 Å². The fourth-order valence-corrected chi connectivity index (χ4v) is 5.20. The second-order valence-electron chi connectivity index (χ2n) is 5.71. The Labute approximate surface area is 158 Å². The van der Waals surface area contributed by atoms with Crippen molar-refractivity contribution in [2.75, 3.05) is 42.2 Å². The molecule has 7 nitrogen and oxygen atoms in total. The van der Waals surface area contributed by atoms with Crippen LogP contribution in [0.5, 0.6) is 0 Å². The van der Waals surface area contributed by atoms with Crippen LogP contribution >= 0.6 is 34.6 Å². The molecule has 0 radical (unpaired) electrons. The summed E-state index contributed by atoms with van der Waals surface area (Å²) in [5.74, 6) is 1.95. The molecule has 0 amide bonds. The third kappa shape index (κ3) is 3.42. The molecule has 1 saturated heterocycles. The van der Waals surface area contributed by atoms with Crippen molar-refractivity contribution in [1.82, 2.24) is 24.3 Å². The number of aromatic nitrogens is 5. The molecule has 3 aromatic rings. The van der Waals surface area contributed by atoms with Crippen LogP contribution in [0.15, 0.2) is 10.7 Å². The fourth-order valence-electron chi connectivity index (χ4n) is 2.87. The number of anilines is 2. The summed E-state index contributed by atoms with van der Waals surface area (Å²) in [6.07, 6.45) is 5.63. The monoisotopic (exact) mass is 393 g/mol. The van der Waals surface area contributed by atoms with Crippen LogP contribution < -0.4 is 9.80 Å². The summed E-state index contributed by atoms with van der Waals surface area (Å²) in [7, 11) is 0. The van der Waals surface area contributed by atoms with Gasteiger partial charge in [-0.05, 0) is 12.7 Å². The normalized spacial score (nSPS) is 15.8. The molecular formula is C15H19N7S3. The minimum absolute atomic E-state index is 0.803. The van der Waals surface area contributed by atoms with E-state index in [9.17, 15) is 0 Å². The lowest BCUT2D eigenvalue weighted by Gasteiger charge is -2.22. The molecule has 0 unspecified atom stereocenters. The van der Waals surface area contributed by atoms with E-state index >= 15 is 0 Å². The molecule has 3 aromatic heterocycles. The fraction of sp³-hybridized carbons (Fsp3) is 0.533. The molecule has 0 saturated carbocycles. The molecule has 1 aliphatic rings. The minimum Gasteiger partial charge on any atom is -0.353 e. The van der Waals surface area contributed by atoms with Gasteiger partial charge in [0.2, 0.25) is 5.13 Å². The van der Waals surface area contributed by atoms with Crippen molar-refractivity contribution in [1.29, 1.82) is 0 Å². The molecule has 4 heterocycles. The predicted octanol–water partition coefficient (Wildman–Crippen LogP) is 2.94.